The van der Waals surface area contributed by atoms with Crippen molar-refractivity contribution < 1.29 is 9.53 Å². The van der Waals surface area contributed by atoms with E-state index in [-0.39, 0.29) is 23.8 Å². The van der Waals surface area contributed by atoms with Crippen molar-refractivity contribution >= 4 is 5.91 Å². The minimum absolute atomic E-state index is 0.0501. The van der Waals surface area contributed by atoms with Gasteiger partial charge in [0.05, 0.1) is 7.11 Å². The average Bonchev–Trinajstić information content (AvgIpc) is 3.18. The maximum absolute atomic E-state index is 13.6. The van der Waals surface area contributed by atoms with Gasteiger partial charge in [0.1, 0.15) is 24.7 Å². The van der Waals surface area contributed by atoms with Crippen LogP contribution in [0.15, 0.2) is 30.6 Å². The predicted molar refractivity (Wildman–Crippen MR) is 109 cm³/mol. The second-order valence-corrected chi connectivity index (χ2v) is 9.35. The SMILES string of the molecule is COc1cccc(CN(C(=O)Cn2cnc(C#N)n2)C23CC4CC(CC(C4)C2)C3)c1. The lowest BCUT2D eigenvalue weighted by molar-refractivity contribution is -0.153. The Bertz CT molecular complexity index is 956. The van der Waals surface area contributed by atoms with E-state index in [0.29, 0.717) is 6.54 Å². The van der Waals surface area contributed by atoms with Crippen molar-refractivity contribution in [3.8, 4) is 11.8 Å². The smallest absolute Gasteiger partial charge is 0.252 e. The van der Waals surface area contributed by atoms with Gasteiger partial charge in [0.25, 0.3) is 5.82 Å². The maximum atomic E-state index is 13.6. The minimum atomic E-state index is -0.0620. The Morgan fingerprint density at radius 1 is 1.27 bits per heavy atom. The Labute approximate surface area is 176 Å². The summed E-state index contributed by atoms with van der Waals surface area (Å²) < 4.78 is 6.89. The fourth-order valence-corrected chi connectivity index (χ4v) is 6.52. The lowest BCUT2D eigenvalue weighted by Crippen LogP contribution is -2.61. The van der Waals surface area contributed by atoms with E-state index in [0.717, 1.165) is 48.3 Å². The molecule has 0 spiro atoms. The first-order chi connectivity index (χ1) is 14.6. The van der Waals surface area contributed by atoms with Gasteiger partial charge in [-0.25, -0.2) is 9.67 Å². The minimum Gasteiger partial charge on any atom is -0.497 e. The quantitative estimate of drug-likeness (QED) is 0.737. The van der Waals surface area contributed by atoms with Crippen molar-refractivity contribution in [2.75, 3.05) is 7.11 Å². The lowest BCUT2D eigenvalue weighted by atomic mass is 9.52. The number of hydrogen-bond acceptors (Lipinski definition) is 5. The van der Waals surface area contributed by atoms with Crippen molar-refractivity contribution in [3.05, 3.63) is 42.0 Å². The first-order valence-electron chi connectivity index (χ1n) is 10.8. The van der Waals surface area contributed by atoms with Crippen LogP contribution >= 0.6 is 0 Å². The molecule has 4 aliphatic carbocycles. The van der Waals surface area contributed by atoms with E-state index >= 15 is 0 Å². The van der Waals surface area contributed by atoms with Crippen LogP contribution in [-0.4, -0.2) is 38.2 Å². The van der Waals surface area contributed by atoms with Crippen molar-refractivity contribution in [1.29, 1.82) is 5.26 Å². The van der Waals surface area contributed by atoms with Gasteiger partial charge in [-0.1, -0.05) is 12.1 Å². The fourth-order valence-electron chi connectivity index (χ4n) is 6.52. The molecule has 0 radical (unpaired) electrons. The van der Waals surface area contributed by atoms with Gasteiger partial charge < -0.3 is 9.64 Å². The van der Waals surface area contributed by atoms with Crippen LogP contribution in [0.3, 0.4) is 0 Å². The van der Waals surface area contributed by atoms with Gasteiger partial charge in [-0.3, -0.25) is 4.79 Å². The number of nitrogens with zero attached hydrogens (tertiary/aromatic N) is 5. The summed E-state index contributed by atoms with van der Waals surface area (Å²) in [5.41, 5.74) is 1.02. The van der Waals surface area contributed by atoms with Crippen molar-refractivity contribution in [2.24, 2.45) is 17.8 Å². The highest BCUT2D eigenvalue weighted by Gasteiger charge is 2.54. The monoisotopic (exact) mass is 405 g/mol. The maximum Gasteiger partial charge on any atom is 0.252 e. The lowest BCUT2D eigenvalue weighted by Gasteiger charge is -2.60. The van der Waals surface area contributed by atoms with Gasteiger partial charge in [-0.2, -0.15) is 5.26 Å². The predicted octanol–water partition coefficient (Wildman–Crippen LogP) is 3.16. The molecule has 7 heteroatoms. The third-order valence-electron chi connectivity index (χ3n) is 7.29. The van der Waals surface area contributed by atoms with E-state index < -0.39 is 0 Å². The van der Waals surface area contributed by atoms with Crippen LogP contribution in [0.25, 0.3) is 0 Å². The zero-order chi connectivity index (χ0) is 20.7. The number of nitriles is 1. The number of amides is 1. The number of aromatic nitrogens is 3. The molecule has 0 N–H and O–H groups in total. The summed E-state index contributed by atoms with van der Waals surface area (Å²) in [6.07, 6.45) is 8.78. The van der Waals surface area contributed by atoms with Crippen LogP contribution in [-0.2, 0) is 17.9 Å². The third kappa shape index (κ3) is 3.45. The van der Waals surface area contributed by atoms with Crippen molar-refractivity contribution in [2.45, 2.75) is 57.2 Å². The molecule has 0 saturated heterocycles. The first kappa shape index (κ1) is 19.1. The molecule has 1 heterocycles. The van der Waals surface area contributed by atoms with Crippen LogP contribution < -0.4 is 4.74 Å². The molecule has 6 rings (SSSR count). The summed E-state index contributed by atoms with van der Waals surface area (Å²) in [7, 11) is 1.67. The normalized spacial score (nSPS) is 28.9. The van der Waals surface area contributed by atoms with Crippen LogP contribution in [0.2, 0.25) is 0 Å². The van der Waals surface area contributed by atoms with Gasteiger partial charge in [0.2, 0.25) is 5.91 Å². The summed E-state index contributed by atoms with van der Waals surface area (Å²) in [6, 6.07) is 9.92. The molecular weight excluding hydrogens is 378 g/mol. The fraction of sp³-hybridized carbons (Fsp3) is 0.565. The van der Waals surface area contributed by atoms with Crippen molar-refractivity contribution in [3.63, 3.8) is 0 Å². The highest BCUT2D eigenvalue weighted by molar-refractivity contribution is 5.77. The number of benzene rings is 1. The van der Waals surface area contributed by atoms with Crippen LogP contribution in [0.1, 0.15) is 49.9 Å². The summed E-state index contributed by atoms with van der Waals surface area (Å²) in [4.78, 5) is 19.7. The summed E-state index contributed by atoms with van der Waals surface area (Å²) >= 11 is 0. The van der Waals surface area contributed by atoms with Gasteiger partial charge in [-0.05, 0) is 74.0 Å². The molecule has 0 unspecified atom stereocenters. The first-order valence-corrected chi connectivity index (χ1v) is 10.8. The van der Waals surface area contributed by atoms with E-state index in [2.05, 4.69) is 21.0 Å². The Morgan fingerprint density at radius 3 is 2.57 bits per heavy atom. The molecule has 1 aromatic carbocycles. The largest absolute Gasteiger partial charge is 0.497 e. The Morgan fingerprint density at radius 2 is 1.97 bits per heavy atom. The van der Waals surface area contributed by atoms with Gasteiger partial charge in [0.15, 0.2) is 0 Å². The molecule has 0 aliphatic heterocycles. The number of methoxy groups -OCH3 is 1. The second-order valence-electron chi connectivity index (χ2n) is 9.35. The average molecular weight is 406 g/mol. The molecule has 30 heavy (non-hydrogen) atoms. The van der Waals surface area contributed by atoms with E-state index in [1.165, 1.54) is 30.3 Å². The number of hydrogen-bond donors (Lipinski definition) is 0. The zero-order valence-electron chi connectivity index (χ0n) is 17.3. The third-order valence-corrected chi connectivity index (χ3v) is 7.29. The highest BCUT2D eigenvalue weighted by atomic mass is 16.5. The Hall–Kier alpha value is -2.88. The molecule has 0 atom stereocenters. The van der Waals surface area contributed by atoms with Crippen LogP contribution in [0, 0.1) is 29.1 Å². The number of carbonyl (C=O) groups excluding carboxylic acids is 1. The molecule has 4 fully saturated rings. The zero-order valence-corrected chi connectivity index (χ0v) is 17.3. The molecular formula is C23H27N5O2. The van der Waals surface area contributed by atoms with Crippen LogP contribution in [0.5, 0.6) is 5.75 Å². The van der Waals surface area contributed by atoms with Gasteiger partial charge in [-0.15, -0.1) is 5.10 Å². The molecule has 4 aliphatic rings. The summed E-state index contributed by atoms with van der Waals surface area (Å²) in [6.45, 7) is 0.683. The summed E-state index contributed by atoms with van der Waals surface area (Å²) in [5.74, 6) is 3.18. The Kier molecular flexibility index (Phi) is 4.73. The molecule has 1 amide bonds. The molecule has 7 nitrogen and oxygen atoms in total. The standard InChI is InChI=1S/C23H27N5O2/c1-30-20-4-2-3-16(8-20)13-28(22(29)14-27-15-25-21(12-24)26-27)23-9-17-5-18(10-23)7-19(6-17)11-23/h2-4,8,15,17-19H,5-7,9-11,13-14H2,1H3. The van der Waals surface area contributed by atoms with Gasteiger partial charge in [0, 0.05) is 12.1 Å². The molecule has 4 bridgehead atoms. The molecule has 1 aromatic heterocycles. The summed E-state index contributed by atoms with van der Waals surface area (Å²) in [5, 5.41) is 13.1. The van der Waals surface area contributed by atoms with E-state index in [9.17, 15) is 4.79 Å². The second kappa shape index (κ2) is 7.42. The van der Waals surface area contributed by atoms with Gasteiger partial charge >= 0.3 is 0 Å². The van der Waals surface area contributed by atoms with Crippen molar-refractivity contribution in [1.82, 2.24) is 19.7 Å². The van der Waals surface area contributed by atoms with E-state index in [4.69, 9.17) is 10.00 Å². The highest BCUT2D eigenvalue weighted by Crippen LogP contribution is 2.58. The molecule has 4 saturated carbocycles. The topological polar surface area (TPSA) is 84.0 Å². The molecule has 2 aromatic rings. The number of carbonyl (C=O) groups is 1. The van der Waals surface area contributed by atoms with E-state index in [1.54, 1.807) is 7.11 Å². The Balaban J connectivity index is 1.45. The number of rotatable bonds is 6. The van der Waals surface area contributed by atoms with E-state index in [1.807, 2.05) is 24.3 Å². The van der Waals surface area contributed by atoms with Crippen LogP contribution in [0.4, 0.5) is 0 Å². The number of ether oxygens (including phenoxy) is 1. The molecule has 156 valence electrons.